The minimum atomic E-state index is 0. The van der Waals surface area contributed by atoms with Gasteiger partial charge in [-0.3, -0.25) is 4.79 Å². The first-order valence-corrected chi connectivity index (χ1v) is 9.48. The summed E-state index contributed by atoms with van der Waals surface area (Å²) in [6.45, 7) is 5.59. The number of rotatable bonds is 7. The molecule has 0 spiro atoms. The fraction of sp³-hybridized carbons (Fsp3) is 0.765. The molecule has 8 nitrogen and oxygen atoms in total. The van der Waals surface area contributed by atoms with Crippen LogP contribution in [0, 0.1) is 5.92 Å². The maximum atomic E-state index is 11.6. The molecule has 1 aliphatic carbocycles. The molecule has 1 fully saturated rings. The lowest BCUT2D eigenvalue weighted by molar-refractivity contribution is -0.122. The first-order valence-electron chi connectivity index (χ1n) is 9.48. The average molecular weight is 475 g/mol. The monoisotopic (exact) mass is 475 g/mol. The molecule has 2 aliphatic rings. The van der Waals surface area contributed by atoms with E-state index in [1.165, 1.54) is 19.3 Å². The van der Waals surface area contributed by atoms with Gasteiger partial charge in [0, 0.05) is 38.5 Å². The highest BCUT2D eigenvalue weighted by molar-refractivity contribution is 14.0. The van der Waals surface area contributed by atoms with Gasteiger partial charge >= 0.3 is 0 Å². The molecule has 9 heteroatoms. The van der Waals surface area contributed by atoms with Crippen molar-refractivity contribution in [1.29, 1.82) is 0 Å². The van der Waals surface area contributed by atoms with Gasteiger partial charge in [0.2, 0.25) is 5.91 Å². The molecule has 3 rings (SSSR count). The number of aryl methyl sites for hydroxylation is 1. The predicted molar refractivity (Wildman–Crippen MR) is 112 cm³/mol. The van der Waals surface area contributed by atoms with Gasteiger partial charge in [0.1, 0.15) is 12.4 Å². The van der Waals surface area contributed by atoms with Crippen molar-refractivity contribution in [3.8, 4) is 0 Å². The fourth-order valence-electron chi connectivity index (χ4n) is 3.01. The number of hydrogen-bond acceptors (Lipinski definition) is 4. The maximum Gasteiger partial charge on any atom is 0.223 e. The maximum absolute atomic E-state index is 11.6. The number of nitrogens with one attached hydrogen (secondary N) is 3. The summed E-state index contributed by atoms with van der Waals surface area (Å²) < 4.78 is 2.22. The Morgan fingerprint density at radius 1 is 1.15 bits per heavy atom. The lowest BCUT2D eigenvalue weighted by Crippen LogP contribution is -2.41. The number of hydrogen-bond donors (Lipinski definition) is 3. The van der Waals surface area contributed by atoms with Gasteiger partial charge in [-0.15, -0.1) is 34.2 Å². The van der Waals surface area contributed by atoms with Crippen LogP contribution in [-0.2, 0) is 24.3 Å². The lowest BCUT2D eigenvalue weighted by atomic mass is 10.2. The van der Waals surface area contributed by atoms with Crippen LogP contribution in [0.25, 0.3) is 0 Å². The van der Waals surface area contributed by atoms with Crippen LogP contribution in [0.1, 0.15) is 50.7 Å². The van der Waals surface area contributed by atoms with E-state index in [-0.39, 0.29) is 35.8 Å². The molecular weight excluding hydrogens is 445 g/mol. The summed E-state index contributed by atoms with van der Waals surface area (Å²) in [7, 11) is 0. The van der Waals surface area contributed by atoms with E-state index < -0.39 is 0 Å². The minimum absolute atomic E-state index is 0. The van der Waals surface area contributed by atoms with Crippen LogP contribution in [-0.4, -0.2) is 46.3 Å². The zero-order valence-electron chi connectivity index (χ0n) is 15.5. The molecule has 2 heterocycles. The second kappa shape index (κ2) is 10.7. The summed E-state index contributed by atoms with van der Waals surface area (Å²) in [5.74, 6) is 3.19. The highest BCUT2D eigenvalue weighted by Gasteiger charge is 2.28. The Morgan fingerprint density at radius 2 is 1.96 bits per heavy atom. The molecule has 146 valence electrons. The van der Waals surface area contributed by atoms with Crippen molar-refractivity contribution in [2.75, 3.05) is 19.6 Å². The van der Waals surface area contributed by atoms with Crippen LogP contribution >= 0.6 is 24.0 Å². The highest BCUT2D eigenvalue weighted by Crippen LogP contribution is 2.28. The van der Waals surface area contributed by atoms with Crippen molar-refractivity contribution < 1.29 is 4.79 Å². The average Bonchev–Trinajstić information content (AvgIpc) is 3.42. The van der Waals surface area contributed by atoms with E-state index >= 15 is 0 Å². The summed E-state index contributed by atoms with van der Waals surface area (Å²) in [6.07, 6.45) is 6.70. The van der Waals surface area contributed by atoms with Crippen molar-refractivity contribution in [3.05, 3.63) is 11.6 Å². The van der Waals surface area contributed by atoms with E-state index in [4.69, 9.17) is 0 Å². The molecule has 0 bridgehead atoms. The molecule has 1 aliphatic heterocycles. The SMILES string of the molecule is CCNC(=NCc1nnc2n1CCCCC2)NCCNC(=O)C1CC1.I. The Kier molecular flexibility index (Phi) is 8.60. The number of fused-ring (bicyclic) bond motifs is 1. The van der Waals surface area contributed by atoms with E-state index in [2.05, 4.69) is 35.7 Å². The third-order valence-electron chi connectivity index (χ3n) is 4.57. The standard InChI is InChI=1S/C17H29N7O.HI/c1-2-18-17(20-10-9-19-16(25)13-7-8-13)21-12-15-23-22-14-6-4-3-5-11-24(14)15;/h13H,2-12H2,1H3,(H,19,25)(H2,18,20,21);1H. The third-order valence-corrected chi connectivity index (χ3v) is 4.57. The molecule has 1 aromatic heterocycles. The zero-order chi connectivity index (χ0) is 17.5. The number of amides is 1. The smallest absolute Gasteiger partial charge is 0.223 e. The van der Waals surface area contributed by atoms with E-state index in [0.29, 0.717) is 19.6 Å². The number of guanidine groups is 1. The molecule has 0 saturated heterocycles. The normalized spacial score (nSPS) is 16.9. The number of halogens is 1. The fourth-order valence-corrected chi connectivity index (χ4v) is 3.01. The molecule has 0 radical (unpaired) electrons. The van der Waals surface area contributed by atoms with Crippen molar-refractivity contribution >= 4 is 35.8 Å². The van der Waals surface area contributed by atoms with E-state index in [0.717, 1.165) is 50.0 Å². The van der Waals surface area contributed by atoms with Crippen molar-refractivity contribution in [1.82, 2.24) is 30.7 Å². The van der Waals surface area contributed by atoms with Crippen LogP contribution in [0.15, 0.2) is 4.99 Å². The van der Waals surface area contributed by atoms with E-state index in [1.54, 1.807) is 0 Å². The van der Waals surface area contributed by atoms with Crippen molar-refractivity contribution in [2.24, 2.45) is 10.9 Å². The van der Waals surface area contributed by atoms with Gasteiger partial charge in [0.15, 0.2) is 11.8 Å². The van der Waals surface area contributed by atoms with Gasteiger partial charge in [0.25, 0.3) is 0 Å². The van der Waals surface area contributed by atoms with Gasteiger partial charge in [-0.1, -0.05) is 6.42 Å². The lowest BCUT2D eigenvalue weighted by Gasteiger charge is -2.12. The van der Waals surface area contributed by atoms with Crippen LogP contribution in [0.2, 0.25) is 0 Å². The Bertz CT molecular complexity index is 612. The minimum Gasteiger partial charge on any atom is -0.357 e. The second-order valence-corrected chi connectivity index (χ2v) is 6.68. The number of nitrogens with zero attached hydrogens (tertiary/aromatic N) is 4. The molecule has 1 aromatic rings. The van der Waals surface area contributed by atoms with E-state index in [1.807, 2.05) is 6.92 Å². The Balaban J connectivity index is 0.00000243. The summed E-state index contributed by atoms with van der Waals surface area (Å²) in [5, 5.41) is 18.1. The third kappa shape index (κ3) is 6.10. The van der Waals surface area contributed by atoms with Gasteiger partial charge in [0.05, 0.1) is 0 Å². The molecule has 0 unspecified atom stereocenters. The van der Waals surface area contributed by atoms with Crippen LogP contribution < -0.4 is 16.0 Å². The highest BCUT2D eigenvalue weighted by atomic mass is 127. The van der Waals surface area contributed by atoms with Crippen LogP contribution in [0.4, 0.5) is 0 Å². The summed E-state index contributed by atoms with van der Waals surface area (Å²) >= 11 is 0. The zero-order valence-corrected chi connectivity index (χ0v) is 17.8. The van der Waals surface area contributed by atoms with Crippen molar-refractivity contribution in [2.45, 2.75) is 58.5 Å². The Labute approximate surface area is 172 Å². The Hall–Kier alpha value is -1.39. The summed E-state index contributed by atoms with van der Waals surface area (Å²) in [5.41, 5.74) is 0. The number of carbonyl (C=O) groups is 1. The number of aliphatic imine (C=N–C) groups is 1. The largest absolute Gasteiger partial charge is 0.357 e. The van der Waals surface area contributed by atoms with Crippen LogP contribution in [0.3, 0.4) is 0 Å². The van der Waals surface area contributed by atoms with Crippen LogP contribution in [0.5, 0.6) is 0 Å². The molecule has 0 atom stereocenters. The number of aromatic nitrogens is 3. The van der Waals surface area contributed by atoms with Gasteiger partial charge in [-0.05, 0) is 32.6 Å². The molecule has 26 heavy (non-hydrogen) atoms. The summed E-state index contributed by atoms with van der Waals surface area (Å²) in [4.78, 5) is 16.2. The summed E-state index contributed by atoms with van der Waals surface area (Å²) in [6, 6.07) is 0. The van der Waals surface area contributed by atoms with E-state index in [9.17, 15) is 4.79 Å². The molecule has 3 N–H and O–H groups in total. The first-order chi connectivity index (χ1) is 12.3. The van der Waals surface area contributed by atoms with Gasteiger partial charge in [-0.2, -0.15) is 0 Å². The predicted octanol–water partition coefficient (Wildman–Crippen LogP) is 1.20. The van der Waals surface area contributed by atoms with Gasteiger partial charge in [-0.25, -0.2) is 4.99 Å². The molecular formula is C17H30IN7O. The Morgan fingerprint density at radius 3 is 2.73 bits per heavy atom. The molecule has 1 amide bonds. The second-order valence-electron chi connectivity index (χ2n) is 6.68. The first kappa shape index (κ1) is 20.9. The quantitative estimate of drug-likeness (QED) is 0.239. The molecule has 0 aromatic carbocycles. The number of carbonyl (C=O) groups excluding carboxylic acids is 1. The topological polar surface area (TPSA) is 96.2 Å². The molecule has 1 saturated carbocycles. The van der Waals surface area contributed by atoms with Gasteiger partial charge < -0.3 is 20.5 Å². The van der Waals surface area contributed by atoms with Crippen molar-refractivity contribution in [3.63, 3.8) is 0 Å².